The Balaban J connectivity index is 2.67. The van der Waals surface area contributed by atoms with Gasteiger partial charge in [0.1, 0.15) is 0 Å². The van der Waals surface area contributed by atoms with E-state index in [9.17, 15) is 26.3 Å². The predicted molar refractivity (Wildman–Crippen MR) is 58.4 cm³/mol. The summed E-state index contributed by atoms with van der Waals surface area (Å²) in [5, 5.41) is 5.74. The zero-order chi connectivity index (χ0) is 15.1. The second-order valence-corrected chi connectivity index (χ2v) is 3.99. The number of aromatic nitrogens is 2. The van der Waals surface area contributed by atoms with Gasteiger partial charge in [0.2, 0.25) is 0 Å². The quantitative estimate of drug-likeness (QED) is 0.788. The molecule has 0 unspecified atom stereocenters. The predicted octanol–water partition coefficient (Wildman–Crippen LogP) is 3.70. The molecule has 9 heteroatoms. The molecule has 0 aliphatic rings. The molecule has 0 amide bonds. The van der Waals surface area contributed by atoms with Crippen LogP contribution in [-0.4, -0.2) is 10.2 Å². The van der Waals surface area contributed by atoms with Crippen molar-refractivity contribution in [1.82, 2.24) is 10.2 Å². The summed E-state index contributed by atoms with van der Waals surface area (Å²) in [6.45, 7) is 0. The summed E-state index contributed by atoms with van der Waals surface area (Å²) in [7, 11) is 0. The van der Waals surface area contributed by atoms with Gasteiger partial charge in [0, 0.05) is 5.56 Å². The Morgan fingerprint density at radius 2 is 1.40 bits per heavy atom. The van der Waals surface area contributed by atoms with Crippen molar-refractivity contribution in [3.8, 4) is 11.3 Å². The topological polar surface area (TPSA) is 54.7 Å². The Morgan fingerprint density at radius 1 is 0.900 bits per heavy atom. The van der Waals surface area contributed by atoms with E-state index in [-0.39, 0.29) is 23.0 Å². The van der Waals surface area contributed by atoms with E-state index in [1.165, 1.54) is 0 Å². The number of aromatic amines is 1. The SMILES string of the molecule is Nc1cn[nH]c1-c1cc(C(F)(F)F)cc(C(F)(F)F)c1. The van der Waals surface area contributed by atoms with E-state index in [0.29, 0.717) is 12.1 Å². The smallest absolute Gasteiger partial charge is 0.396 e. The van der Waals surface area contributed by atoms with E-state index < -0.39 is 23.5 Å². The molecule has 2 rings (SSSR count). The summed E-state index contributed by atoms with van der Waals surface area (Å²) in [6.07, 6.45) is -8.70. The number of anilines is 1. The largest absolute Gasteiger partial charge is 0.416 e. The van der Waals surface area contributed by atoms with E-state index in [1.807, 2.05) is 0 Å². The van der Waals surface area contributed by atoms with Crippen LogP contribution >= 0.6 is 0 Å². The van der Waals surface area contributed by atoms with Crippen LogP contribution < -0.4 is 5.73 Å². The van der Waals surface area contributed by atoms with Gasteiger partial charge in [-0.1, -0.05) is 0 Å². The molecule has 0 fully saturated rings. The van der Waals surface area contributed by atoms with Crippen molar-refractivity contribution in [1.29, 1.82) is 0 Å². The maximum absolute atomic E-state index is 12.7. The molecule has 0 saturated carbocycles. The van der Waals surface area contributed by atoms with Crippen LogP contribution in [0.1, 0.15) is 11.1 Å². The fourth-order valence-electron chi connectivity index (χ4n) is 1.63. The van der Waals surface area contributed by atoms with Crippen molar-refractivity contribution in [2.45, 2.75) is 12.4 Å². The van der Waals surface area contributed by atoms with E-state index in [0.717, 1.165) is 6.20 Å². The summed E-state index contributed by atoms with van der Waals surface area (Å²) < 4.78 is 75.9. The van der Waals surface area contributed by atoms with Crippen molar-refractivity contribution in [3.05, 3.63) is 35.5 Å². The first-order valence-electron chi connectivity index (χ1n) is 5.18. The minimum absolute atomic E-state index is 0.0440. The van der Waals surface area contributed by atoms with Gasteiger partial charge in [0.25, 0.3) is 0 Å². The number of halogens is 6. The Labute approximate surface area is 108 Å². The second kappa shape index (κ2) is 4.43. The van der Waals surface area contributed by atoms with Crippen molar-refractivity contribution >= 4 is 5.69 Å². The lowest BCUT2D eigenvalue weighted by atomic mass is 10.0. The van der Waals surface area contributed by atoms with Crippen LogP contribution in [0.4, 0.5) is 32.0 Å². The van der Waals surface area contributed by atoms with Gasteiger partial charge in [-0.05, 0) is 18.2 Å². The maximum Gasteiger partial charge on any atom is 0.416 e. The number of nitrogen functional groups attached to an aromatic ring is 1. The molecule has 20 heavy (non-hydrogen) atoms. The first-order valence-corrected chi connectivity index (χ1v) is 5.18. The fourth-order valence-corrected chi connectivity index (χ4v) is 1.63. The van der Waals surface area contributed by atoms with Crippen molar-refractivity contribution < 1.29 is 26.3 Å². The second-order valence-electron chi connectivity index (χ2n) is 3.99. The van der Waals surface area contributed by atoms with E-state index in [4.69, 9.17) is 5.73 Å². The monoisotopic (exact) mass is 295 g/mol. The molecule has 0 saturated heterocycles. The molecule has 0 spiro atoms. The molecule has 0 aliphatic heterocycles. The highest BCUT2D eigenvalue weighted by atomic mass is 19.4. The number of nitrogens with one attached hydrogen (secondary N) is 1. The molecule has 108 valence electrons. The lowest BCUT2D eigenvalue weighted by Crippen LogP contribution is -2.11. The fraction of sp³-hybridized carbons (Fsp3) is 0.182. The molecular formula is C11H7F6N3. The van der Waals surface area contributed by atoms with Crippen LogP contribution in [0.5, 0.6) is 0 Å². The molecule has 2 aromatic rings. The Kier molecular flexibility index (Phi) is 3.15. The van der Waals surface area contributed by atoms with Gasteiger partial charge >= 0.3 is 12.4 Å². The summed E-state index contributed by atoms with van der Waals surface area (Å²) in [5.74, 6) is 0. The van der Waals surface area contributed by atoms with Crippen LogP contribution in [0.3, 0.4) is 0 Å². The molecule has 3 nitrogen and oxygen atoms in total. The van der Waals surface area contributed by atoms with Crippen molar-refractivity contribution in [3.63, 3.8) is 0 Å². The normalized spacial score (nSPS) is 12.7. The summed E-state index contributed by atoms with van der Waals surface area (Å²) in [5.41, 5.74) is 2.15. The van der Waals surface area contributed by atoms with Crippen molar-refractivity contribution in [2.75, 3.05) is 5.73 Å². The third kappa shape index (κ3) is 2.70. The first-order chi connectivity index (χ1) is 9.09. The number of hydrogen-bond acceptors (Lipinski definition) is 2. The Bertz CT molecular complexity index is 594. The highest BCUT2D eigenvalue weighted by Crippen LogP contribution is 2.38. The molecule has 0 atom stereocenters. The van der Waals surface area contributed by atoms with E-state index in [2.05, 4.69) is 10.2 Å². The average molecular weight is 295 g/mol. The highest BCUT2D eigenvalue weighted by molar-refractivity contribution is 5.73. The molecular weight excluding hydrogens is 288 g/mol. The number of benzene rings is 1. The van der Waals surface area contributed by atoms with Gasteiger partial charge in [0.15, 0.2) is 0 Å². The summed E-state index contributed by atoms with van der Waals surface area (Å²) in [4.78, 5) is 0. The van der Waals surface area contributed by atoms with E-state index >= 15 is 0 Å². The number of H-pyrrole nitrogens is 1. The van der Waals surface area contributed by atoms with Crippen LogP contribution in [-0.2, 0) is 12.4 Å². The van der Waals surface area contributed by atoms with Crippen molar-refractivity contribution in [2.24, 2.45) is 0 Å². The minimum atomic E-state index is -4.90. The molecule has 0 aliphatic carbocycles. The van der Waals surface area contributed by atoms with Gasteiger partial charge in [-0.2, -0.15) is 31.4 Å². The van der Waals surface area contributed by atoms with Crippen LogP contribution in [0.2, 0.25) is 0 Å². The average Bonchev–Trinajstić information content (AvgIpc) is 2.72. The van der Waals surface area contributed by atoms with Gasteiger partial charge in [-0.25, -0.2) is 0 Å². The highest BCUT2D eigenvalue weighted by Gasteiger charge is 2.37. The van der Waals surface area contributed by atoms with Gasteiger partial charge in [0.05, 0.1) is 28.7 Å². The lowest BCUT2D eigenvalue weighted by Gasteiger charge is -2.13. The van der Waals surface area contributed by atoms with Gasteiger partial charge in [-0.3, -0.25) is 5.10 Å². The van der Waals surface area contributed by atoms with Crippen LogP contribution in [0.25, 0.3) is 11.3 Å². The number of hydrogen-bond donors (Lipinski definition) is 2. The zero-order valence-electron chi connectivity index (χ0n) is 9.60. The number of rotatable bonds is 1. The zero-order valence-corrected chi connectivity index (χ0v) is 9.60. The molecule has 0 radical (unpaired) electrons. The standard InChI is InChI=1S/C11H7F6N3/c12-10(13,14)6-1-5(9-8(18)4-19-20-9)2-7(3-6)11(15,16)17/h1-4H,18H2,(H,19,20). The Morgan fingerprint density at radius 3 is 1.75 bits per heavy atom. The Hall–Kier alpha value is -2.19. The number of nitrogens with two attached hydrogens (primary N) is 1. The molecule has 1 aromatic heterocycles. The summed E-state index contributed by atoms with van der Waals surface area (Å²) >= 11 is 0. The lowest BCUT2D eigenvalue weighted by molar-refractivity contribution is -0.143. The third-order valence-corrected chi connectivity index (χ3v) is 2.55. The van der Waals surface area contributed by atoms with E-state index in [1.54, 1.807) is 0 Å². The minimum Gasteiger partial charge on any atom is -0.396 e. The first kappa shape index (κ1) is 14.2. The third-order valence-electron chi connectivity index (χ3n) is 2.55. The molecule has 3 N–H and O–H groups in total. The maximum atomic E-state index is 12.7. The molecule has 1 aromatic carbocycles. The molecule has 1 heterocycles. The molecule has 0 bridgehead atoms. The number of nitrogens with zero attached hydrogens (tertiary/aromatic N) is 1. The van der Waals surface area contributed by atoms with Crippen LogP contribution in [0, 0.1) is 0 Å². The van der Waals surface area contributed by atoms with Crippen LogP contribution in [0.15, 0.2) is 24.4 Å². The summed E-state index contributed by atoms with van der Waals surface area (Å²) in [6, 6.07) is 1.22. The van der Waals surface area contributed by atoms with Gasteiger partial charge < -0.3 is 5.73 Å². The van der Waals surface area contributed by atoms with Gasteiger partial charge in [-0.15, -0.1) is 0 Å². The number of alkyl halides is 6.